The van der Waals surface area contributed by atoms with Crippen molar-refractivity contribution in [1.82, 2.24) is 19.8 Å². The number of nitrogens with one attached hydrogen (secondary N) is 2. The number of sulfonamides is 1. The first-order valence-electron chi connectivity index (χ1n) is 5.71. The van der Waals surface area contributed by atoms with Crippen molar-refractivity contribution in [2.45, 2.75) is 26.4 Å². The Labute approximate surface area is 102 Å². The second kappa shape index (κ2) is 6.73. The van der Waals surface area contributed by atoms with Crippen LogP contribution in [0.25, 0.3) is 0 Å². The van der Waals surface area contributed by atoms with E-state index in [0.717, 1.165) is 6.54 Å². The van der Waals surface area contributed by atoms with Crippen LogP contribution in [-0.4, -0.2) is 43.1 Å². The van der Waals surface area contributed by atoms with Gasteiger partial charge in [0.1, 0.15) is 0 Å². The summed E-state index contributed by atoms with van der Waals surface area (Å²) in [6.45, 7) is 5.46. The molecular weight excluding hydrogens is 240 g/mol. The molecule has 98 valence electrons. The van der Waals surface area contributed by atoms with Crippen molar-refractivity contribution in [3.63, 3.8) is 0 Å². The van der Waals surface area contributed by atoms with E-state index < -0.39 is 10.0 Å². The van der Waals surface area contributed by atoms with Gasteiger partial charge >= 0.3 is 0 Å². The van der Waals surface area contributed by atoms with Gasteiger partial charge in [0.05, 0.1) is 12.3 Å². The zero-order valence-corrected chi connectivity index (χ0v) is 11.1. The summed E-state index contributed by atoms with van der Waals surface area (Å²) in [5.41, 5.74) is 0. The van der Waals surface area contributed by atoms with Gasteiger partial charge in [0.2, 0.25) is 10.0 Å². The van der Waals surface area contributed by atoms with Crippen LogP contribution in [0.4, 0.5) is 0 Å². The molecule has 0 saturated heterocycles. The van der Waals surface area contributed by atoms with E-state index in [4.69, 9.17) is 0 Å². The van der Waals surface area contributed by atoms with Crippen LogP contribution < -0.4 is 10.0 Å². The lowest BCUT2D eigenvalue weighted by Crippen LogP contribution is -2.38. The third-order valence-electron chi connectivity index (χ3n) is 2.34. The fourth-order valence-corrected chi connectivity index (χ4v) is 2.00. The molecule has 0 aromatic carbocycles. The van der Waals surface area contributed by atoms with Crippen LogP contribution in [-0.2, 0) is 16.6 Å². The number of hydrogen-bond acceptors (Lipinski definition) is 4. The van der Waals surface area contributed by atoms with Crippen molar-refractivity contribution < 1.29 is 8.42 Å². The molecule has 7 heteroatoms. The number of hydrogen-bond donors (Lipinski definition) is 2. The van der Waals surface area contributed by atoms with Crippen LogP contribution in [0.5, 0.6) is 0 Å². The summed E-state index contributed by atoms with van der Waals surface area (Å²) in [5, 5.41) is 7.33. The Kier molecular flexibility index (Phi) is 5.60. The first-order valence-corrected chi connectivity index (χ1v) is 7.37. The zero-order valence-electron chi connectivity index (χ0n) is 10.3. The summed E-state index contributed by atoms with van der Waals surface area (Å²) < 4.78 is 26.6. The van der Waals surface area contributed by atoms with E-state index in [-0.39, 0.29) is 11.8 Å². The third kappa shape index (κ3) is 5.81. The van der Waals surface area contributed by atoms with E-state index >= 15 is 0 Å². The minimum absolute atomic E-state index is 0.121. The maximum absolute atomic E-state index is 11.1. The van der Waals surface area contributed by atoms with Gasteiger partial charge in [-0.2, -0.15) is 5.10 Å². The minimum Gasteiger partial charge on any atom is -0.311 e. The fourth-order valence-electron chi connectivity index (χ4n) is 1.38. The maximum Gasteiger partial charge on any atom is 0.211 e. The molecule has 1 unspecified atom stereocenters. The molecule has 1 atom stereocenters. The Bertz CT molecular complexity index is 402. The number of nitrogens with zero attached hydrogens (tertiary/aromatic N) is 2. The zero-order chi connectivity index (χ0) is 12.7. The first-order chi connectivity index (χ1) is 8.03. The fraction of sp³-hybridized carbons (Fsp3) is 0.700. The molecule has 0 spiro atoms. The molecule has 0 saturated carbocycles. The molecule has 1 aromatic rings. The van der Waals surface area contributed by atoms with Gasteiger partial charge in [-0.1, -0.05) is 0 Å². The van der Waals surface area contributed by atoms with Crippen LogP contribution in [0.15, 0.2) is 18.5 Å². The molecule has 0 radical (unpaired) electrons. The Morgan fingerprint density at radius 1 is 1.41 bits per heavy atom. The largest absolute Gasteiger partial charge is 0.311 e. The maximum atomic E-state index is 11.1. The molecule has 0 aliphatic carbocycles. The van der Waals surface area contributed by atoms with Crippen molar-refractivity contribution in [3.8, 4) is 0 Å². The summed E-state index contributed by atoms with van der Waals surface area (Å²) in [5.74, 6) is 0.121. The Morgan fingerprint density at radius 3 is 2.76 bits per heavy atom. The molecule has 1 heterocycles. The Balaban J connectivity index is 2.14. The molecule has 0 fully saturated rings. The van der Waals surface area contributed by atoms with Gasteiger partial charge in [-0.3, -0.25) is 4.68 Å². The summed E-state index contributed by atoms with van der Waals surface area (Å²) in [6.07, 6.45) is 3.64. The Morgan fingerprint density at radius 2 is 2.18 bits per heavy atom. The normalized spacial score (nSPS) is 13.8. The van der Waals surface area contributed by atoms with Gasteiger partial charge in [0, 0.05) is 31.5 Å². The number of aromatic nitrogens is 2. The molecule has 17 heavy (non-hydrogen) atoms. The SMILES string of the molecule is CCS(=O)(=O)NCCNC(C)Cn1cccn1. The van der Waals surface area contributed by atoms with E-state index in [1.165, 1.54) is 0 Å². The standard InChI is InChI=1S/C10H20N4O2S/c1-3-17(15,16)13-7-6-11-10(2)9-14-8-4-5-12-14/h4-5,8,10-11,13H,3,6-7,9H2,1-2H3. The molecular formula is C10H20N4O2S. The van der Waals surface area contributed by atoms with Crippen LogP contribution in [0.1, 0.15) is 13.8 Å². The first kappa shape index (κ1) is 14.1. The molecule has 1 aromatic heterocycles. The van der Waals surface area contributed by atoms with Gasteiger partial charge in [-0.25, -0.2) is 13.1 Å². The van der Waals surface area contributed by atoms with Gasteiger partial charge in [0.25, 0.3) is 0 Å². The van der Waals surface area contributed by atoms with Gasteiger partial charge < -0.3 is 5.32 Å². The highest BCUT2D eigenvalue weighted by Gasteiger charge is 2.06. The van der Waals surface area contributed by atoms with Gasteiger partial charge in [-0.15, -0.1) is 0 Å². The van der Waals surface area contributed by atoms with Crippen molar-refractivity contribution in [1.29, 1.82) is 0 Å². The highest BCUT2D eigenvalue weighted by molar-refractivity contribution is 7.89. The average molecular weight is 260 g/mol. The van der Waals surface area contributed by atoms with Crippen LogP contribution in [0, 0.1) is 0 Å². The lowest BCUT2D eigenvalue weighted by atomic mass is 10.3. The second-order valence-electron chi connectivity index (χ2n) is 3.88. The van der Waals surface area contributed by atoms with Crippen LogP contribution in [0.3, 0.4) is 0 Å². The van der Waals surface area contributed by atoms with E-state index in [1.807, 2.05) is 23.9 Å². The minimum atomic E-state index is -3.07. The molecule has 6 nitrogen and oxygen atoms in total. The van der Waals surface area contributed by atoms with Crippen molar-refractivity contribution in [2.24, 2.45) is 0 Å². The quantitative estimate of drug-likeness (QED) is 0.635. The van der Waals surface area contributed by atoms with E-state index in [9.17, 15) is 8.42 Å². The second-order valence-corrected chi connectivity index (χ2v) is 5.98. The van der Waals surface area contributed by atoms with E-state index in [0.29, 0.717) is 13.1 Å². The lowest BCUT2D eigenvalue weighted by molar-refractivity contribution is 0.453. The van der Waals surface area contributed by atoms with E-state index in [2.05, 4.69) is 15.1 Å². The molecule has 0 bridgehead atoms. The number of rotatable bonds is 8. The summed E-state index contributed by atoms with van der Waals surface area (Å²) >= 11 is 0. The third-order valence-corrected chi connectivity index (χ3v) is 3.74. The molecule has 1 rings (SSSR count). The van der Waals surface area contributed by atoms with Crippen molar-refractivity contribution in [2.75, 3.05) is 18.8 Å². The highest BCUT2D eigenvalue weighted by Crippen LogP contribution is 1.89. The van der Waals surface area contributed by atoms with Crippen LogP contribution >= 0.6 is 0 Å². The molecule has 0 aliphatic rings. The average Bonchev–Trinajstić information content (AvgIpc) is 2.77. The molecule has 0 amide bonds. The van der Waals surface area contributed by atoms with Gasteiger partial charge in [0.15, 0.2) is 0 Å². The van der Waals surface area contributed by atoms with Crippen LogP contribution in [0.2, 0.25) is 0 Å². The smallest absolute Gasteiger partial charge is 0.211 e. The summed E-state index contributed by atoms with van der Waals surface area (Å²) in [7, 11) is -3.07. The molecule has 0 aliphatic heterocycles. The Hall–Kier alpha value is -0.920. The summed E-state index contributed by atoms with van der Waals surface area (Å²) in [4.78, 5) is 0. The van der Waals surface area contributed by atoms with E-state index in [1.54, 1.807) is 13.1 Å². The topological polar surface area (TPSA) is 76.0 Å². The summed E-state index contributed by atoms with van der Waals surface area (Å²) in [6, 6.07) is 2.13. The highest BCUT2D eigenvalue weighted by atomic mass is 32.2. The predicted octanol–water partition coefficient (Wildman–Crippen LogP) is -0.199. The molecule has 2 N–H and O–H groups in total. The monoisotopic (exact) mass is 260 g/mol. The van der Waals surface area contributed by atoms with Crippen molar-refractivity contribution >= 4 is 10.0 Å². The lowest BCUT2D eigenvalue weighted by Gasteiger charge is -2.14. The predicted molar refractivity (Wildman–Crippen MR) is 67.2 cm³/mol. The van der Waals surface area contributed by atoms with Gasteiger partial charge in [-0.05, 0) is 19.9 Å². The van der Waals surface area contributed by atoms with Crippen molar-refractivity contribution in [3.05, 3.63) is 18.5 Å².